The molecule has 0 amide bonds. The Hall–Kier alpha value is -0.560. The Kier molecular flexibility index (Phi) is 5.23. The molecule has 0 aromatic rings. The maximum Gasteiger partial charge on any atom is 0.0468 e. The Morgan fingerprint density at radius 1 is 1.56 bits per heavy atom. The molecule has 0 saturated carbocycles. The van der Waals surface area contributed by atoms with E-state index in [0.717, 1.165) is 6.42 Å². The van der Waals surface area contributed by atoms with Crippen LogP contribution in [0.2, 0.25) is 0 Å². The summed E-state index contributed by atoms with van der Waals surface area (Å²) in [5.74, 6) is 0. The lowest BCUT2D eigenvalue weighted by Gasteiger charge is -1.91. The third-order valence-electron chi connectivity index (χ3n) is 1.08. The van der Waals surface area contributed by atoms with Crippen molar-refractivity contribution in [3.63, 3.8) is 0 Å². The molecule has 0 radical (unpaired) electrons. The summed E-state index contributed by atoms with van der Waals surface area (Å²) in [6.45, 7) is 4.23. The molecule has 0 rings (SSSR count). The van der Waals surface area contributed by atoms with Gasteiger partial charge in [0, 0.05) is 6.61 Å². The second-order valence-electron chi connectivity index (χ2n) is 2.01. The van der Waals surface area contributed by atoms with E-state index in [0.29, 0.717) is 0 Å². The maximum atomic E-state index is 8.47. The molecule has 0 unspecified atom stereocenters. The molecule has 0 fully saturated rings. The molecular weight excluding hydrogens is 112 g/mol. The molecule has 0 aliphatic carbocycles. The molecule has 0 aromatic heterocycles. The van der Waals surface area contributed by atoms with Crippen molar-refractivity contribution in [3.05, 3.63) is 23.8 Å². The topological polar surface area (TPSA) is 20.2 Å². The van der Waals surface area contributed by atoms with Gasteiger partial charge in [-0.1, -0.05) is 23.8 Å². The molecule has 0 aliphatic heterocycles. The van der Waals surface area contributed by atoms with Gasteiger partial charge in [-0.05, 0) is 20.3 Å². The predicted molar refractivity (Wildman–Crippen MR) is 40.3 cm³/mol. The summed E-state index contributed by atoms with van der Waals surface area (Å²) in [5.41, 5.74) is 1.22. The molecule has 0 aromatic carbocycles. The Morgan fingerprint density at radius 2 is 2.22 bits per heavy atom. The van der Waals surface area contributed by atoms with E-state index in [2.05, 4.69) is 0 Å². The van der Waals surface area contributed by atoms with Crippen LogP contribution in [0, 0.1) is 0 Å². The molecule has 1 heteroatoms. The highest BCUT2D eigenvalue weighted by molar-refractivity contribution is 5.09. The molecule has 0 aliphatic rings. The fraction of sp³-hybridized carbons (Fsp3) is 0.500. The summed E-state index contributed by atoms with van der Waals surface area (Å²) in [7, 11) is 0. The minimum Gasteiger partial charge on any atom is -0.396 e. The van der Waals surface area contributed by atoms with Crippen LogP contribution in [0.1, 0.15) is 20.3 Å². The van der Waals surface area contributed by atoms with Crippen molar-refractivity contribution >= 4 is 0 Å². The Bertz CT molecular complexity index is 112. The van der Waals surface area contributed by atoms with Crippen molar-refractivity contribution in [2.75, 3.05) is 6.61 Å². The third-order valence-corrected chi connectivity index (χ3v) is 1.08. The molecule has 0 heterocycles. The zero-order valence-electron chi connectivity index (χ0n) is 6.09. The average Bonchev–Trinajstić information content (AvgIpc) is 1.85. The van der Waals surface area contributed by atoms with E-state index in [4.69, 9.17) is 5.11 Å². The molecule has 0 saturated heterocycles. The van der Waals surface area contributed by atoms with Gasteiger partial charge in [0.1, 0.15) is 0 Å². The molecule has 0 spiro atoms. The van der Waals surface area contributed by atoms with Crippen molar-refractivity contribution in [1.29, 1.82) is 0 Å². The molecule has 1 N–H and O–H groups in total. The summed E-state index contributed by atoms with van der Waals surface area (Å²) in [6.07, 6.45) is 6.74. The van der Waals surface area contributed by atoms with Crippen LogP contribution in [0.5, 0.6) is 0 Å². The van der Waals surface area contributed by atoms with Crippen LogP contribution >= 0.6 is 0 Å². The summed E-state index contributed by atoms with van der Waals surface area (Å²) in [5, 5.41) is 8.47. The summed E-state index contributed by atoms with van der Waals surface area (Å²) >= 11 is 0. The van der Waals surface area contributed by atoms with E-state index in [1.807, 2.05) is 32.1 Å². The number of rotatable bonds is 3. The van der Waals surface area contributed by atoms with Gasteiger partial charge in [-0.15, -0.1) is 0 Å². The van der Waals surface area contributed by atoms with Crippen molar-refractivity contribution < 1.29 is 5.11 Å². The van der Waals surface area contributed by atoms with Crippen LogP contribution in [0.3, 0.4) is 0 Å². The normalized spacial score (nSPS) is 13.0. The number of aliphatic hydroxyl groups excluding tert-OH is 1. The SMILES string of the molecule is C/C=C\C=C(/C)CCO. The molecular formula is C8H14O. The van der Waals surface area contributed by atoms with Crippen molar-refractivity contribution in [2.45, 2.75) is 20.3 Å². The molecule has 0 bridgehead atoms. The first kappa shape index (κ1) is 8.44. The van der Waals surface area contributed by atoms with Gasteiger partial charge in [0.05, 0.1) is 0 Å². The standard InChI is InChI=1S/C8H14O/c1-3-4-5-8(2)6-7-9/h3-5,9H,6-7H2,1-2H3/b4-3-,8-5+. The van der Waals surface area contributed by atoms with Crippen LogP contribution in [0.25, 0.3) is 0 Å². The van der Waals surface area contributed by atoms with Crippen LogP contribution in [-0.2, 0) is 0 Å². The van der Waals surface area contributed by atoms with Crippen molar-refractivity contribution in [2.24, 2.45) is 0 Å². The smallest absolute Gasteiger partial charge is 0.0468 e. The highest BCUT2D eigenvalue weighted by Crippen LogP contribution is 1.97. The lowest BCUT2D eigenvalue weighted by atomic mass is 10.2. The van der Waals surface area contributed by atoms with Crippen molar-refractivity contribution in [1.82, 2.24) is 0 Å². The maximum absolute atomic E-state index is 8.47. The first-order chi connectivity index (χ1) is 4.31. The largest absolute Gasteiger partial charge is 0.396 e. The second-order valence-corrected chi connectivity index (χ2v) is 2.01. The van der Waals surface area contributed by atoms with Crippen LogP contribution in [0.15, 0.2) is 23.8 Å². The predicted octanol–water partition coefficient (Wildman–Crippen LogP) is 1.89. The van der Waals surface area contributed by atoms with Gasteiger partial charge in [0.25, 0.3) is 0 Å². The number of aliphatic hydroxyl groups is 1. The summed E-state index contributed by atoms with van der Waals surface area (Å²) in [6, 6.07) is 0. The molecule has 52 valence electrons. The zero-order chi connectivity index (χ0) is 7.11. The summed E-state index contributed by atoms with van der Waals surface area (Å²) in [4.78, 5) is 0. The first-order valence-electron chi connectivity index (χ1n) is 3.20. The molecule has 0 atom stereocenters. The second kappa shape index (κ2) is 5.57. The number of allylic oxidation sites excluding steroid dienone is 3. The Balaban J connectivity index is 3.55. The Labute approximate surface area is 56.7 Å². The average molecular weight is 126 g/mol. The van der Waals surface area contributed by atoms with Gasteiger partial charge in [-0.2, -0.15) is 0 Å². The fourth-order valence-corrected chi connectivity index (χ4v) is 0.520. The highest BCUT2D eigenvalue weighted by atomic mass is 16.2. The monoisotopic (exact) mass is 126 g/mol. The first-order valence-corrected chi connectivity index (χ1v) is 3.20. The fourth-order valence-electron chi connectivity index (χ4n) is 0.520. The van der Waals surface area contributed by atoms with Gasteiger partial charge in [-0.3, -0.25) is 0 Å². The van der Waals surface area contributed by atoms with Gasteiger partial charge >= 0.3 is 0 Å². The van der Waals surface area contributed by atoms with Crippen LogP contribution in [0.4, 0.5) is 0 Å². The van der Waals surface area contributed by atoms with Crippen LogP contribution in [-0.4, -0.2) is 11.7 Å². The van der Waals surface area contributed by atoms with E-state index < -0.39 is 0 Å². The number of hydrogen-bond acceptors (Lipinski definition) is 1. The summed E-state index contributed by atoms with van der Waals surface area (Å²) < 4.78 is 0. The van der Waals surface area contributed by atoms with E-state index in [-0.39, 0.29) is 6.61 Å². The van der Waals surface area contributed by atoms with Gasteiger partial charge in [0.2, 0.25) is 0 Å². The lowest BCUT2D eigenvalue weighted by molar-refractivity contribution is 0.299. The van der Waals surface area contributed by atoms with E-state index in [1.165, 1.54) is 5.57 Å². The molecule has 9 heavy (non-hydrogen) atoms. The van der Waals surface area contributed by atoms with Gasteiger partial charge in [0.15, 0.2) is 0 Å². The van der Waals surface area contributed by atoms with Gasteiger partial charge in [-0.25, -0.2) is 0 Å². The van der Waals surface area contributed by atoms with E-state index in [1.54, 1.807) is 0 Å². The lowest BCUT2D eigenvalue weighted by Crippen LogP contribution is -1.81. The van der Waals surface area contributed by atoms with Crippen molar-refractivity contribution in [3.8, 4) is 0 Å². The Morgan fingerprint density at radius 3 is 2.67 bits per heavy atom. The van der Waals surface area contributed by atoms with Gasteiger partial charge < -0.3 is 5.11 Å². The van der Waals surface area contributed by atoms with Crippen LogP contribution < -0.4 is 0 Å². The quantitative estimate of drug-likeness (QED) is 0.572. The molecule has 1 nitrogen and oxygen atoms in total. The number of hydrogen-bond donors (Lipinski definition) is 1. The third kappa shape index (κ3) is 5.31. The minimum atomic E-state index is 0.250. The highest BCUT2D eigenvalue weighted by Gasteiger charge is 1.82. The minimum absolute atomic E-state index is 0.250. The van der Waals surface area contributed by atoms with E-state index in [9.17, 15) is 0 Å². The zero-order valence-corrected chi connectivity index (χ0v) is 6.09. The van der Waals surface area contributed by atoms with E-state index >= 15 is 0 Å².